The van der Waals surface area contributed by atoms with Crippen molar-refractivity contribution < 1.29 is 14.3 Å². The van der Waals surface area contributed by atoms with E-state index < -0.39 is 0 Å². The molecule has 4 nitrogen and oxygen atoms in total. The van der Waals surface area contributed by atoms with Crippen LogP contribution in [-0.4, -0.2) is 25.5 Å². The lowest BCUT2D eigenvalue weighted by Crippen LogP contribution is -2.43. The normalized spacial score (nSPS) is 16.7. The van der Waals surface area contributed by atoms with Gasteiger partial charge >= 0.3 is 0 Å². The lowest BCUT2D eigenvalue weighted by molar-refractivity contribution is 0.104. The van der Waals surface area contributed by atoms with E-state index >= 15 is 0 Å². The van der Waals surface area contributed by atoms with Crippen molar-refractivity contribution >= 4 is 11.5 Å². The lowest BCUT2D eigenvalue weighted by atomic mass is 9.85. The number of carbonyl (C=O) groups is 1. The number of hydrogen-bond donors (Lipinski definition) is 1. The van der Waals surface area contributed by atoms with Crippen LogP contribution < -0.4 is 14.8 Å². The number of nitrogens with one attached hydrogen (secondary N) is 1. The molecule has 0 atom stereocenters. The Morgan fingerprint density at radius 2 is 1.72 bits per heavy atom. The van der Waals surface area contributed by atoms with Crippen molar-refractivity contribution in [3.05, 3.63) is 65.2 Å². The van der Waals surface area contributed by atoms with Gasteiger partial charge in [-0.25, -0.2) is 0 Å². The average Bonchev–Trinajstić information content (AvgIpc) is 2.60. The highest BCUT2D eigenvalue weighted by molar-refractivity contribution is 6.08. The fourth-order valence-electron chi connectivity index (χ4n) is 3.20. The Balaban J connectivity index is 2.09. The van der Waals surface area contributed by atoms with Crippen molar-refractivity contribution in [3.63, 3.8) is 0 Å². The average molecular weight is 337 g/mol. The van der Waals surface area contributed by atoms with Gasteiger partial charge in [0.2, 0.25) is 0 Å². The zero-order valence-corrected chi connectivity index (χ0v) is 15.1. The number of benzene rings is 2. The molecular weight excluding hydrogens is 314 g/mol. The first-order valence-electron chi connectivity index (χ1n) is 8.28. The summed E-state index contributed by atoms with van der Waals surface area (Å²) >= 11 is 0. The van der Waals surface area contributed by atoms with E-state index in [-0.39, 0.29) is 11.3 Å². The van der Waals surface area contributed by atoms with Crippen molar-refractivity contribution in [3.8, 4) is 11.5 Å². The zero-order valence-electron chi connectivity index (χ0n) is 15.1. The summed E-state index contributed by atoms with van der Waals surface area (Å²) in [5.74, 6) is 1.33. The van der Waals surface area contributed by atoms with Crippen LogP contribution in [-0.2, 0) is 6.42 Å². The van der Waals surface area contributed by atoms with E-state index in [9.17, 15) is 4.79 Å². The van der Waals surface area contributed by atoms with E-state index in [0.29, 0.717) is 17.1 Å². The van der Waals surface area contributed by atoms with E-state index in [1.807, 2.05) is 42.5 Å². The summed E-state index contributed by atoms with van der Waals surface area (Å²) in [5.41, 5.74) is 3.42. The maximum Gasteiger partial charge on any atom is 0.187 e. The van der Waals surface area contributed by atoms with Crippen molar-refractivity contribution in [1.82, 2.24) is 5.32 Å². The molecule has 0 fully saturated rings. The molecule has 0 bridgehead atoms. The van der Waals surface area contributed by atoms with Crippen molar-refractivity contribution in [2.45, 2.75) is 25.8 Å². The van der Waals surface area contributed by atoms with Gasteiger partial charge in [-0.3, -0.25) is 4.79 Å². The van der Waals surface area contributed by atoms with Crippen LogP contribution in [0.1, 0.15) is 35.3 Å². The molecule has 130 valence electrons. The number of ketones is 1. The Morgan fingerprint density at radius 3 is 2.36 bits per heavy atom. The summed E-state index contributed by atoms with van der Waals surface area (Å²) in [6.45, 7) is 4.24. The molecule has 0 saturated heterocycles. The van der Waals surface area contributed by atoms with Gasteiger partial charge in [-0.1, -0.05) is 30.3 Å². The molecule has 2 aromatic rings. The Morgan fingerprint density at radius 1 is 1.08 bits per heavy atom. The molecular formula is C21H23NO3. The van der Waals surface area contributed by atoms with Gasteiger partial charge in [-0.05, 0) is 38.0 Å². The largest absolute Gasteiger partial charge is 0.493 e. The second kappa shape index (κ2) is 6.63. The SMILES string of the molecule is COc1cc2c(cc1OC)C(=CC(=O)c1ccccc1)NC(C)(C)C2. The molecule has 0 aromatic heterocycles. The van der Waals surface area contributed by atoms with E-state index in [1.165, 1.54) is 0 Å². The Kier molecular flexibility index (Phi) is 4.53. The minimum absolute atomic E-state index is 0.0264. The third-order valence-corrected chi connectivity index (χ3v) is 4.34. The van der Waals surface area contributed by atoms with E-state index in [4.69, 9.17) is 9.47 Å². The number of allylic oxidation sites excluding steroid dienone is 1. The fraction of sp³-hybridized carbons (Fsp3) is 0.286. The van der Waals surface area contributed by atoms with Crippen LogP contribution in [0.15, 0.2) is 48.5 Å². The van der Waals surface area contributed by atoms with Crippen molar-refractivity contribution in [2.75, 3.05) is 14.2 Å². The van der Waals surface area contributed by atoms with E-state index in [2.05, 4.69) is 19.2 Å². The van der Waals surface area contributed by atoms with Gasteiger partial charge in [0.25, 0.3) is 0 Å². The molecule has 0 aliphatic carbocycles. The Bertz CT molecular complexity index is 823. The molecule has 3 rings (SSSR count). The van der Waals surface area contributed by atoms with Crippen LogP contribution in [0.3, 0.4) is 0 Å². The van der Waals surface area contributed by atoms with Gasteiger partial charge in [0, 0.05) is 28.4 Å². The number of rotatable bonds is 4. The van der Waals surface area contributed by atoms with Crippen molar-refractivity contribution in [2.24, 2.45) is 0 Å². The zero-order chi connectivity index (χ0) is 18.0. The molecule has 1 N–H and O–H groups in total. The van der Waals surface area contributed by atoms with Crippen LogP contribution in [0.25, 0.3) is 5.70 Å². The number of methoxy groups -OCH3 is 2. The summed E-state index contributed by atoms with van der Waals surface area (Å²) in [7, 11) is 3.25. The molecule has 25 heavy (non-hydrogen) atoms. The van der Waals surface area contributed by atoms with Crippen LogP contribution >= 0.6 is 0 Å². The minimum Gasteiger partial charge on any atom is -0.493 e. The number of fused-ring (bicyclic) bond motifs is 1. The molecule has 1 heterocycles. The Labute approximate surface area is 148 Å². The molecule has 1 aliphatic rings. The topological polar surface area (TPSA) is 47.6 Å². The predicted molar refractivity (Wildman–Crippen MR) is 99.2 cm³/mol. The summed E-state index contributed by atoms with van der Waals surface area (Å²) in [6, 6.07) is 13.2. The van der Waals surface area contributed by atoms with Gasteiger partial charge in [0.15, 0.2) is 17.3 Å². The van der Waals surface area contributed by atoms with Gasteiger partial charge in [-0.2, -0.15) is 0 Å². The number of hydrogen-bond acceptors (Lipinski definition) is 4. The third kappa shape index (κ3) is 3.53. The predicted octanol–water partition coefficient (Wildman–Crippen LogP) is 3.85. The first-order valence-corrected chi connectivity index (χ1v) is 8.28. The van der Waals surface area contributed by atoms with Crippen LogP contribution in [0.2, 0.25) is 0 Å². The van der Waals surface area contributed by atoms with E-state index in [0.717, 1.165) is 23.2 Å². The highest BCUT2D eigenvalue weighted by Crippen LogP contribution is 2.38. The molecule has 0 spiro atoms. The smallest absolute Gasteiger partial charge is 0.187 e. The maximum absolute atomic E-state index is 12.6. The molecule has 2 aromatic carbocycles. The lowest BCUT2D eigenvalue weighted by Gasteiger charge is -2.36. The van der Waals surface area contributed by atoms with Crippen LogP contribution in [0, 0.1) is 0 Å². The second-order valence-electron chi connectivity index (χ2n) is 6.84. The standard InChI is InChI=1S/C21H23NO3/c1-21(2)13-15-10-19(24-3)20(25-4)11-16(15)17(22-21)12-18(23)14-8-6-5-7-9-14/h5-12,22H,13H2,1-4H3. The highest BCUT2D eigenvalue weighted by atomic mass is 16.5. The third-order valence-electron chi connectivity index (χ3n) is 4.34. The summed E-state index contributed by atoms with van der Waals surface area (Å²) in [6.07, 6.45) is 2.50. The van der Waals surface area contributed by atoms with Gasteiger partial charge < -0.3 is 14.8 Å². The molecule has 1 aliphatic heterocycles. The first kappa shape index (κ1) is 17.1. The number of carbonyl (C=O) groups excluding carboxylic acids is 1. The minimum atomic E-state index is -0.157. The van der Waals surface area contributed by atoms with Crippen LogP contribution in [0.5, 0.6) is 11.5 Å². The molecule has 0 saturated carbocycles. The monoisotopic (exact) mass is 337 g/mol. The second-order valence-corrected chi connectivity index (χ2v) is 6.84. The fourth-order valence-corrected chi connectivity index (χ4v) is 3.20. The summed E-state index contributed by atoms with van der Waals surface area (Å²) in [5, 5.41) is 3.48. The molecule has 0 unspecified atom stereocenters. The van der Waals surface area contributed by atoms with Gasteiger partial charge in [0.1, 0.15) is 0 Å². The first-order chi connectivity index (χ1) is 11.9. The maximum atomic E-state index is 12.6. The summed E-state index contributed by atoms with van der Waals surface area (Å²) < 4.78 is 10.9. The quantitative estimate of drug-likeness (QED) is 0.680. The Hall–Kier alpha value is -2.75. The molecule has 4 heteroatoms. The van der Waals surface area contributed by atoms with Gasteiger partial charge in [0.05, 0.1) is 14.2 Å². The van der Waals surface area contributed by atoms with Crippen molar-refractivity contribution in [1.29, 1.82) is 0 Å². The summed E-state index contributed by atoms with van der Waals surface area (Å²) in [4.78, 5) is 12.6. The number of ether oxygens (including phenoxy) is 2. The highest BCUT2D eigenvalue weighted by Gasteiger charge is 2.29. The van der Waals surface area contributed by atoms with E-state index in [1.54, 1.807) is 20.3 Å². The molecule has 0 radical (unpaired) electrons. The molecule has 0 amide bonds. The van der Waals surface area contributed by atoms with Gasteiger partial charge in [-0.15, -0.1) is 0 Å². The van der Waals surface area contributed by atoms with Crippen LogP contribution in [0.4, 0.5) is 0 Å².